The fraction of sp³-hybridized carbons (Fsp3) is 0.417. The van der Waals surface area contributed by atoms with E-state index in [1.807, 2.05) is 0 Å². The summed E-state index contributed by atoms with van der Waals surface area (Å²) in [4.78, 5) is 11.0. The van der Waals surface area contributed by atoms with Crippen molar-refractivity contribution in [2.24, 2.45) is 0 Å². The predicted octanol–water partition coefficient (Wildman–Crippen LogP) is 1.34. The number of anilines is 1. The van der Waals surface area contributed by atoms with Crippen molar-refractivity contribution in [3.63, 3.8) is 0 Å². The molecule has 2 N–H and O–H groups in total. The molecule has 1 rings (SSSR count). The molecular formula is C12H18N2O4S. The minimum absolute atomic E-state index is 0.00468. The van der Waals surface area contributed by atoms with Crippen LogP contribution in [0.4, 0.5) is 5.69 Å². The van der Waals surface area contributed by atoms with Gasteiger partial charge in [0.15, 0.2) is 0 Å². The number of benzene rings is 1. The third kappa shape index (κ3) is 4.22. The second-order valence-corrected chi connectivity index (χ2v) is 6.01. The Morgan fingerprint density at radius 2 is 1.95 bits per heavy atom. The van der Waals surface area contributed by atoms with Crippen molar-refractivity contribution in [1.29, 1.82) is 0 Å². The van der Waals surface area contributed by atoms with Crippen LogP contribution in [0.3, 0.4) is 0 Å². The smallest absolute Gasteiger partial charge is 0.244 e. The first-order valence-electron chi connectivity index (χ1n) is 5.74. The lowest BCUT2D eigenvalue weighted by Gasteiger charge is -2.14. The summed E-state index contributed by atoms with van der Waals surface area (Å²) in [6, 6.07) is 4.21. The Kier molecular flexibility index (Phi) is 4.90. The molecule has 0 bridgehead atoms. The first-order chi connectivity index (χ1) is 8.76. The molecule has 0 unspecified atom stereocenters. The molecule has 0 aliphatic carbocycles. The third-order valence-corrected chi connectivity index (χ3v) is 3.84. The molecule has 0 fully saturated rings. The van der Waals surface area contributed by atoms with Crippen molar-refractivity contribution in [3.05, 3.63) is 18.2 Å². The molecule has 106 valence electrons. The van der Waals surface area contributed by atoms with Crippen LogP contribution in [-0.2, 0) is 14.8 Å². The minimum Gasteiger partial charge on any atom is -0.495 e. The maximum absolute atomic E-state index is 12.2. The van der Waals surface area contributed by atoms with E-state index in [1.165, 1.54) is 26.2 Å². The molecule has 0 spiro atoms. The fourth-order valence-electron chi connectivity index (χ4n) is 1.54. The lowest BCUT2D eigenvalue weighted by atomic mass is 10.3. The molecule has 0 aliphatic rings. The standard InChI is InChI=1S/C12H18N2O4S/c1-8(2)14-19(16,17)12-7-10(13-9(3)15)5-6-11(12)18-4/h5-8,14H,1-4H3,(H,13,15). The maximum atomic E-state index is 12.2. The number of sulfonamides is 1. The molecule has 6 nitrogen and oxygen atoms in total. The number of amides is 1. The van der Waals surface area contributed by atoms with Crippen molar-refractivity contribution in [2.75, 3.05) is 12.4 Å². The molecule has 0 heterocycles. The molecule has 0 saturated heterocycles. The van der Waals surface area contributed by atoms with E-state index in [-0.39, 0.29) is 22.6 Å². The molecule has 1 aromatic rings. The van der Waals surface area contributed by atoms with Crippen LogP contribution in [0.5, 0.6) is 5.75 Å². The number of carbonyl (C=O) groups is 1. The Morgan fingerprint density at radius 1 is 1.32 bits per heavy atom. The molecule has 19 heavy (non-hydrogen) atoms. The lowest BCUT2D eigenvalue weighted by molar-refractivity contribution is -0.114. The molecule has 0 aliphatic heterocycles. The molecule has 0 saturated carbocycles. The van der Waals surface area contributed by atoms with Crippen molar-refractivity contribution in [3.8, 4) is 5.75 Å². The van der Waals surface area contributed by atoms with Gasteiger partial charge in [-0.25, -0.2) is 13.1 Å². The molecule has 1 aromatic carbocycles. The zero-order chi connectivity index (χ0) is 14.6. The molecule has 0 aromatic heterocycles. The van der Waals surface area contributed by atoms with Gasteiger partial charge < -0.3 is 10.1 Å². The number of hydrogen-bond acceptors (Lipinski definition) is 4. The first kappa shape index (κ1) is 15.5. The van der Waals surface area contributed by atoms with Gasteiger partial charge in [-0.3, -0.25) is 4.79 Å². The average molecular weight is 286 g/mol. The Balaban J connectivity index is 3.26. The number of methoxy groups -OCH3 is 1. The van der Waals surface area contributed by atoms with E-state index < -0.39 is 10.0 Å². The van der Waals surface area contributed by atoms with E-state index in [0.29, 0.717) is 5.69 Å². The Hall–Kier alpha value is -1.60. The third-order valence-electron chi connectivity index (χ3n) is 2.16. The zero-order valence-corrected chi connectivity index (χ0v) is 12.2. The van der Waals surface area contributed by atoms with E-state index in [1.54, 1.807) is 19.9 Å². The summed E-state index contributed by atoms with van der Waals surface area (Å²) in [6.45, 7) is 4.80. The van der Waals surface area contributed by atoms with Crippen LogP contribution in [0.15, 0.2) is 23.1 Å². The monoisotopic (exact) mass is 286 g/mol. The number of rotatable bonds is 5. The lowest BCUT2D eigenvalue weighted by Crippen LogP contribution is -2.30. The topological polar surface area (TPSA) is 84.5 Å². The Labute approximate surface area is 113 Å². The maximum Gasteiger partial charge on any atom is 0.244 e. The first-order valence-corrected chi connectivity index (χ1v) is 7.22. The van der Waals surface area contributed by atoms with Crippen molar-refractivity contribution in [1.82, 2.24) is 4.72 Å². The highest BCUT2D eigenvalue weighted by Crippen LogP contribution is 2.27. The summed E-state index contributed by atoms with van der Waals surface area (Å²) < 4.78 is 31.8. The zero-order valence-electron chi connectivity index (χ0n) is 11.4. The fourth-order valence-corrected chi connectivity index (χ4v) is 2.99. The summed E-state index contributed by atoms with van der Waals surface area (Å²) in [6.07, 6.45) is 0. The van der Waals surface area contributed by atoms with E-state index >= 15 is 0 Å². The molecular weight excluding hydrogens is 268 g/mol. The van der Waals surface area contributed by atoms with Crippen LogP contribution in [-0.4, -0.2) is 27.5 Å². The average Bonchev–Trinajstić information content (AvgIpc) is 2.26. The largest absolute Gasteiger partial charge is 0.495 e. The van der Waals surface area contributed by atoms with E-state index in [4.69, 9.17) is 4.74 Å². The second-order valence-electron chi connectivity index (χ2n) is 4.32. The Morgan fingerprint density at radius 3 is 2.42 bits per heavy atom. The van der Waals surface area contributed by atoms with Crippen molar-refractivity contribution < 1.29 is 17.9 Å². The van der Waals surface area contributed by atoms with Gasteiger partial charge in [0.05, 0.1) is 7.11 Å². The van der Waals surface area contributed by atoms with E-state index in [9.17, 15) is 13.2 Å². The minimum atomic E-state index is -3.69. The van der Waals surface area contributed by atoms with Crippen LogP contribution in [0.2, 0.25) is 0 Å². The molecule has 0 atom stereocenters. The highest BCUT2D eigenvalue weighted by molar-refractivity contribution is 7.89. The van der Waals surface area contributed by atoms with Gasteiger partial charge in [0.2, 0.25) is 15.9 Å². The van der Waals surface area contributed by atoms with Gasteiger partial charge in [-0.15, -0.1) is 0 Å². The SMILES string of the molecule is COc1ccc(NC(C)=O)cc1S(=O)(=O)NC(C)C. The van der Waals surface area contributed by atoms with Gasteiger partial charge in [0.25, 0.3) is 0 Å². The Bertz CT molecular complexity index is 567. The molecule has 1 amide bonds. The number of ether oxygens (including phenoxy) is 1. The van der Waals surface area contributed by atoms with Crippen LogP contribution >= 0.6 is 0 Å². The van der Waals surface area contributed by atoms with Gasteiger partial charge >= 0.3 is 0 Å². The van der Waals surface area contributed by atoms with E-state index in [0.717, 1.165) is 0 Å². The summed E-state index contributed by atoms with van der Waals surface area (Å²) in [5.74, 6) is -0.0485. The van der Waals surface area contributed by atoms with Gasteiger partial charge in [0, 0.05) is 18.7 Å². The van der Waals surface area contributed by atoms with Gasteiger partial charge in [-0.05, 0) is 32.0 Å². The number of nitrogens with one attached hydrogen (secondary N) is 2. The number of hydrogen-bond donors (Lipinski definition) is 2. The summed E-state index contributed by atoms with van der Waals surface area (Å²) in [5.41, 5.74) is 0.400. The van der Waals surface area contributed by atoms with Crippen LogP contribution in [0.25, 0.3) is 0 Å². The highest BCUT2D eigenvalue weighted by atomic mass is 32.2. The second kappa shape index (κ2) is 6.03. The van der Waals surface area contributed by atoms with Crippen LogP contribution in [0, 0.1) is 0 Å². The van der Waals surface area contributed by atoms with E-state index in [2.05, 4.69) is 10.0 Å². The summed E-state index contributed by atoms with van der Waals surface area (Å²) >= 11 is 0. The van der Waals surface area contributed by atoms with Crippen molar-refractivity contribution >= 4 is 21.6 Å². The summed E-state index contributed by atoms with van der Waals surface area (Å²) in [7, 11) is -2.30. The van der Waals surface area contributed by atoms with Gasteiger partial charge in [-0.2, -0.15) is 0 Å². The highest BCUT2D eigenvalue weighted by Gasteiger charge is 2.21. The predicted molar refractivity (Wildman–Crippen MR) is 72.8 cm³/mol. The van der Waals surface area contributed by atoms with Crippen LogP contribution in [0.1, 0.15) is 20.8 Å². The van der Waals surface area contributed by atoms with Crippen molar-refractivity contribution in [2.45, 2.75) is 31.7 Å². The quantitative estimate of drug-likeness (QED) is 0.855. The van der Waals surface area contributed by atoms with Crippen LogP contribution < -0.4 is 14.8 Å². The van der Waals surface area contributed by atoms with Gasteiger partial charge in [0.1, 0.15) is 10.6 Å². The molecule has 0 radical (unpaired) electrons. The molecule has 7 heteroatoms. The summed E-state index contributed by atoms with van der Waals surface area (Å²) in [5, 5.41) is 2.54. The number of carbonyl (C=O) groups excluding carboxylic acids is 1. The normalized spacial score (nSPS) is 11.4. The van der Waals surface area contributed by atoms with Gasteiger partial charge in [-0.1, -0.05) is 0 Å².